The fraction of sp³-hybridized carbons (Fsp3) is 0.727. The Labute approximate surface area is 385 Å². The number of aryl methyl sites for hydroxylation is 1. The highest BCUT2D eigenvalue weighted by Gasteiger charge is 2.24. The smallest absolute Gasteiger partial charge is 0.410 e. The minimum atomic E-state index is -0.807. The summed E-state index contributed by atoms with van der Waals surface area (Å²) < 4.78 is 53.9. The second-order valence-corrected chi connectivity index (χ2v) is 14.9. The molecule has 0 fully saturated rings. The van der Waals surface area contributed by atoms with E-state index in [1.165, 1.54) is 16.1 Å². The zero-order valence-electron chi connectivity index (χ0n) is 39.7. The number of rotatable bonds is 41. The zero-order valence-corrected chi connectivity index (χ0v) is 39.7. The summed E-state index contributed by atoms with van der Waals surface area (Å²) in [6, 6.07) is 4.58. The number of methoxy groups -OCH3 is 1. The molecule has 1 aromatic carbocycles. The lowest BCUT2D eigenvalue weighted by Crippen LogP contribution is -2.51. The highest BCUT2D eigenvalue weighted by molar-refractivity contribution is 5.96. The molecule has 1 atom stereocenters. The Morgan fingerprint density at radius 1 is 0.708 bits per heavy atom. The number of ether oxygens (including phenoxy) is 10. The van der Waals surface area contributed by atoms with Crippen LogP contribution in [0.1, 0.15) is 51.7 Å². The van der Waals surface area contributed by atoms with Crippen LogP contribution < -0.4 is 27.5 Å². The van der Waals surface area contributed by atoms with Crippen LogP contribution in [0.3, 0.4) is 0 Å². The number of nitrogens with zero attached hydrogens (tertiary/aromatic N) is 2. The highest BCUT2D eigenvalue weighted by Crippen LogP contribution is 2.19. The normalized spacial score (nSPS) is 12.0. The molecule has 4 amide bonds. The van der Waals surface area contributed by atoms with Gasteiger partial charge >= 0.3 is 6.09 Å². The van der Waals surface area contributed by atoms with Gasteiger partial charge in [0.1, 0.15) is 12.6 Å². The van der Waals surface area contributed by atoms with Crippen molar-refractivity contribution in [1.29, 1.82) is 0 Å². The zero-order chi connectivity index (χ0) is 47.9. The van der Waals surface area contributed by atoms with Crippen molar-refractivity contribution in [1.82, 2.24) is 20.5 Å². The molecule has 0 saturated carbocycles. The number of carbonyl (C=O) groups is 4. The number of carbonyl (C=O) groups excluding carboxylic acids is 4. The summed E-state index contributed by atoms with van der Waals surface area (Å²) in [6.45, 7) is 15.4. The topological polar surface area (TPSA) is 255 Å². The maximum Gasteiger partial charge on any atom is 0.410 e. The highest BCUT2D eigenvalue weighted by atomic mass is 16.6. The fourth-order valence-electron chi connectivity index (χ4n) is 5.49. The van der Waals surface area contributed by atoms with Gasteiger partial charge in [-0.2, -0.15) is 0 Å². The third-order valence-corrected chi connectivity index (χ3v) is 8.95. The maximum atomic E-state index is 12.9. The molecule has 0 aliphatic rings. The first-order valence-corrected chi connectivity index (χ1v) is 22.4. The summed E-state index contributed by atoms with van der Waals surface area (Å²) in [5.41, 5.74) is 8.55. The number of nitrogens with two attached hydrogens (primary N) is 2. The predicted molar refractivity (Wildman–Crippen MR) is 244 cm³/mol. The number of benzene rings is 1. The molecule has 21 nitrogen and oxygen atoms in total. The Balaban J connectivity index is 2.25. The Kier molecular flexibility index (Phi) is 35.4. The summed E-state index contributed by atoms with van der Waals surface area (Å²) in [5, 5.41) is 9.46. The van der Waals surface area contributed by atoms with Crippen LogP contribution in [0.5, 0.6) is 0 Å². The van der Waals surface area contributed by atoms with Gasteiger partial charge in [-0.3, -0.25) is 14.4 Å². The molecule has 0 spiro atoms. The first-order chi connectivity index (χ1) is 31.4. The van der Waals surface area contributed by atoms with E-state index in [9.17, 15) is 19.2 Å². The van der Waals surface area contributed by atoms with E-state index >= 15 is 0 Å². The fourth-order valence-corrected chi connectivity index (χ4v) is 5.49. The first kappa shape index (κ1) is 58.9. The van der Waals surface area contributed by atoms with E-state index in [0.717, 1.165) is 17.5 Å². The van der Waals surface area contributed by atoms with Crippen molar-refractivity contribution in [3.63, 3.8) is 0 Å². The van der Waals surface area contributed by atoms with Gasteiger partial charge in [-0.05, 0) is 42.0 Å². The van der Waals surface area contributed by atoms with Crippen molar-refractivity contribution in [2.24, 2.45) is 17.5 Å². The van der Waals surface area contributed by atoms with E-state index in [4.69, 9.17) is 58.9 Å². The van der Waals surface area contributed by atoms with Crippen molar-refractivity contribution in [3.05, 3.63) is 41.2 Å². The standard InChI is InChI=1S/C44H79N7O14/c1-7-13-57-14-11-40(52)49-42(35(3)4)43(54)47-31-41(53)48-39-10-9-36(8-2)37(30-39)32-50(5)44(55)65-34-38(45)33-51(46)12-15-58-18-19-60-22-23-62-26-27-64-29-28-63-25-24-61-21-20-59-17-16-56-6/h9-10,30,33,35,42H,7-8,11-29,31-32,34,45-46H2,1-6H3,(H,47,54)(H,48,53)(H,49,52)/b38-33-. The number of hydrazine groups is 1. The van der Waals surface area contributed by atoms with Crippen LogP contribution in [0, 0.1) is 5.92 Å². The summed E-state index contributed by atoms with van der Waals surface area (Å²) in [7, 11) is 3.22. The molecule has 0 saturated heterocycles. The second kappa shape index (κ2) is 39.0. The van der Waals surface area contributed by atoms with E-state index in [1.807, 2.05) is 33.8 Å². The molecule has 0 aromatic heterocycles. The molecular formula is C44H79N7O14. The third kappa shape index (κ3) is 31.4. The summed E-state index contributed by atoms with van der Waals surface area (Å²) in [5.74, 6) is 4.59. The maximum absolute atomic E-state index is 12.9. The Bertz CT molecular complexity index is 1460. The molecule has 0 aliphatic carbocycles. The van der Waals surface area contributed by atoms with E-state index in [1.54, 1.807) is 26.3 Å². The van der Waals surface area contributed by atoms with Gasteiger partial charge in [0.15, 0.2) is 0 Å². The van der Waals surface area contributed by atoms with Crippen molar-refractivity contribution >= 4 is 29.5 Å². The van der Waals surface area contributed by atoms with Crippen molar-refractivity contribution in [2.75, 3.05) is 151 Å². The monoisotopic (exact) mass is 930 g/mol. The average Bonchev–Trinajstić information content (AvgIpc) is 3.28. The van der Waals surface area contributed by atoms with Crippen LogP contribution in [-0.2, 0) is 74.7 Å². The van der Waals surface area contributed by atoms with Crippen LogP contribution in [0.25, 0.3) is 0 Å². The van der Waals surface area contributed by atoms with Crippen LogP contribution >= 0.6 is 0 Å². The van der Waals surface area contributed by atoms with Gasteiger partial charge in [-0.15, -0.1) is 0 Å². The molecule has 1 aromatic rings. The molecule has 1 unspecified atom stereocenters. The van der Waals surface area contributed by atoms with Gasteiger partial charge in [-0.25, -0.2) is 10.6 Å². The van der Waals surface area contributed by atoms with Gasteiger partial charge in [0, 0.05) is 45.6 Å². The van der Waals surface area contributed by atoms with Gasteiger partial charge < -0.3 is 79.0 Å². The van der Waals surface area contributed by atoms with Crippen LogP contribution in [0.4, 0.5) is 10.5 Å². The van der Waals surface area contributed by atoms with E-state index in [0.29, 0.717) is 124 Å². The molecule has 0 heterocycles. The van der Waals surface area contributed by atoms with E-state index < -0.39 is 23.9 Å². The Hall–Kier alpha value is -4.16. The number of hydrogen-bond acceptors (Lipinski definition) is 17. The molecular weight excluding hydrogens is 851 g/mol. The van der Waals surface area contributed by atoms with Gasteiger partial charge in [0.2, 0.25) is 17.7 Å². The minimum absolute atomic E-state index is 0.134. The average molecular weight is 930 g/mol. The summed E-state index contributed by atoms with van der Waals surface area (Å²) in [6.07, 6.45) is 2.53. The van der Waals surface area contributed by atoms with Crippen molar-refractivity contribution < 1.29 is 66.5 Å². The van der Waals surface area contributed by atoms with E-state index in [2.05, 4.69) is 16.0 Å². The molecule has 7 N–H and O–H groups in total. The van der Waals surface area contributed by atoms with Crippen LogP contribution in [0.2, 0.25) is 0 Å². The summed E-state index contributed by atoms with van der Waals surface area (Å²) in [4.78, 5) is 52.3. The Morgan fingerprint density at radius 2 is 1.23 bits per heavy atom. The number of anilines is 1. The molecule has 0 radical (unpaired) electrons. The van der Waals surface area contributed by atoms with Gasteiger partial charge in [0.25, 0.3) is 0 Å². The van der Waals surface area contributed by atoms with Crippen molar-refractivity contribution in [3.8, 4) is 0 Å². The SMILES string of the molecule is CCCOCCC(=O)NC(C(=O)NCC(=O)Nc1ccc(CC)c(CN(C)C(=O)OC/C(N)=C/N(N)CCOCCOCCOCCOCCOCCOCCOCCOC)c1)C(C)C. The summed E-state index contributed by atoms with van der Waals surface area (Å²) >= 11 is 0. The molecule has 21 heteroatoms. The number of hydrogen-bond donors (Lipinski definition) is 5. The van der Waals surface area contributed by atoms with E-state index in [-0.39, 0.29) is 50.2 Å². The van der Waals surface area contributed by atoms with Crippen LogP contribution in [0.15, 0.2) is 30.1 Å². The number of amides is 4. The largest absolute Gasteiger partial charge is 0.443 e. The molecule has 1 rings (SSSR count). The van der Waals surface area contributed by atoms with Gasteiger partial charge in [-0.1, -0.05) is 33.8 Å². The minimum Gasteiger partial charge on any atom is -0.443 e. The lowest BCUT2D eigenvalue weighted by molar-refractivity contribution is -0.131. The Morgan fingerprint density at radius 3 is 1.74 bits per heavy atom. The van der Waals surface area contributed by atoms with Crippen molar-refractivity contribution in [2.45, 2.75) is 59.5 Å². The quantitative estimate of drug-likeness (QED) is 0.0355. The molecule has 65 heavy (non-hydrogen) atoms. The first-order valence-electron chi connectivity index (χ1n) is 22.4. The molecule has 374 valence electrons. The van der Waals surface area contributed by atoms with Gasteiger partial charge in [0.05, 0.1) is 124 Å². The lowest BCUT2D eigenvalue weighted by Gasteiger charge is -2.22. The third-order valence-electron chi connectivity index (χ3n) is 8.95. The predicted octanol–water partition coefficient (Wildman–Crippen LogP) is 1.57. The lowest BCUT2D eigenvalue weighted by atomic mass is 10.0. The molecule has 0 bridgehead atoms. The number of nitrogens with one attached hydrogen (secondary N) is 3. The molecule has 0 aliphatic heterocycles. The second-order valence-electron chi connectivity index (χ2n) is 14.9. The van der Waals surface area contributed by atoms with Crippen LogP contribution in [-0.4, -0.2) is 186 Å².